The summed E-state index contributed by atoms with van der Waals surface area (Å²) >= 11 is 0. The number of halogens is 2. The Morgan fingerprint density at radius 3 is 2.37 bits per heavy atom. The first-order valence-electron chi connectivity index (χ1n) is 7.95. The van der Waals surface area contributed by atoms with Crippen LogP contribution in [0.3, 0.4) is 0 Å². The first kappa shape index (κ1) is 20.1. The predicted molar refractivity (Wildman–Crippen MR) is 94.8 cm³/mol. The smallest absolute Gasteiger partial charge is 0.331 e. The van der Waals surface area contributed by atoms with Crippen molar-refractivity contribution in [1.82, 2.24) is 0 Å². The zero-order valence-corrected chi connectivity index (χ0v) is 15.0. The van der Waals surface area contributed by atoms with Crippen LogP contribution in [0, 0.1) is 11.6 Å². The number of ketones is 1. The van der Waals surface area contributed by atoms with Crippen molar-refractivity contribution >= 4 is 17.8 Å². The Kier molecular flexibility index (Phi) is 6.65. The van der Waals surface area contributed by atoms with Crippen LogP contribution in [0.25, 0.3) is 6.08 Å². The molecule has 0 aliphatic carbocycles. The van der Waals surface area contributed by atoms with E-state index in [0.717, 1.165) is 24.3 Å². The summed E-state index contributed by atoms with van der Waals surface area (Å²) in [4.78, 5) is 24.1. The second-order valence-corrected chi connectivity index (χ2v) is 5.51. The summed E-state index contributed by atoms with van der Waals surface area (Å²) in [6.07, 6.45) is 1.44. The van der Waals surface area contributed by atoms with E-state index in [-0.39, 0.29) is 5.56 Å². The van der Waals surface area contributed by atoms with Crippen molar-refractivity contribution in [3.05, 3.63) is 65.2 Å². The maximum Gasteiger partial charge on any atom is 0.331 e. The largest absolute Gasteiger partial charge is 0.497 e. The van der Waals surface area contributed by atoms with E-state index >= 15 is 0 Å². The molecular weight excluding hydrogens is 358 g/mol. The molecule has 2 aromatic carbocycles. The summed E-state index contributed by atoms with van der Waals surface area (Å²) in [5.74, 6) is -2.53. The molecule has 7 heteroatoms. The van der Waals surface area contributed by atoms with Gasteiger partial charge < -0.3 is 14.2 Å². The molecule has 0 N–H and O–H groups in total. The lowest BCUT2D eigenvalue weighted by Crippen LogP contribution is -2.23. The number of hydrogen-bond donors (Lipinski definition) is 0. The Morgan fingerprint density at radius 2 is 1.74 bits per heavy atom. The number of carbonyl (C=O) groups excluding carboxylic acids is 2. The summed E-state index contributed by atoms with van der Waals surface area (Å²) in [5, 5.41) is 0. The van der Waals surface area contributed by atoms with Crippen molar-refractivity contribution in [2.45, 2.75) is 13.0 Å². The Hall–Kier alpha value is -3.22. The Balaban J connectivity index is 2.05. The minimum absolute atomic E-state index is 0.0880. The summed E-state index contributed by atoms with van der Waals surface area (Å²) in [6.45, 7) is 1.35. The first-order valence-corrected chi connectivity index (χ1v) is 7.95. The van der Waals surface area contributed by atoms with E-state index in [1.165, 1.54) is 27.2 Å². The fourth-order valence-corrected chi connectivity index (χ4v) is 2.27. The SMILES string of the molecule is COc1ccc(/C=C/C(=O)OC(C)C(=O)c2ccc(F)c(F)c2)c(OC)c1. The molecule has 1 unspecified atom stereocenters. The Labute approximate surface area is 155 Å². The molecule has 27 heavy (non-hydrogen) atoms. The molecule has 0 saturated heterocycles. The van der Waals surface area contributed by atoms with Crippen LogP contribution in [-0.4, -0.2) is 32.1 Å². The average molecular weight is 376 g/mol. The van der Waals surface area contributed by atoms with Crippen LogP contribution >= 0.6 is 0 Å². The van der Waals surface area contributed by atoms with Crippen molar-refractivity contribution in [3.8, 4) is 11.5 Å². The van der Waals surface area contributed by atoms with Gasteiger partial charge in [-0.3, -0.25) is 4.79 Å². The summed E-state index contributed by atoms with van der Waals surface area (Å²) in [5.41, 5.74) is 0.518. The highest BCUT2D eigenvalue weighted by Gasteiger charge is 2.20. The minimum atomic E-state index is -1.16. The normalized spacial score (nSPS) is 11.9. The second-order valence-electron chi connectivity index (χ2n) is 5.51. The Bertz CT molecular complexity index is 877. The van der Waals surface area contributed by atoms with E-state index in [1.807, 2.05) is 0 Å². The molecule has 1 atom stereocenters. The lowest BCUT2D eigenvalue weighted by Gasteiger charge is -2.11. The van der Waals surface area contributed by atoms with Crippen LogP contribution in [0.1, 0.15) is 22.8 Å². The van der Waals surface area contributed by atoms with Gasteiger partial charge >= 0.3 is 5.97 Å². The van der Waals surface area contributed by atoms with Gasteiger partial charge in [0.25, 0.3) is 0 Å². The maximum atomic E-state index is 13.2. The molecule has 0 amide bonds. The van der Waals surface area contributed by atoms with Gasteiger partial charge in [-0.1, -0.05) is 0 Å². The highest BCUT2D eigenvalue weighted by atomic mass is 19.2. The lowest BCUT2D eigenvalue weighted by molar-refractivity contribution is -0.140. The lowest BCUT2D eigenvalue weighted by atomic mass is 10.1. The van der Waals surface area contributed by atoms with Crippen LogP contribution in [0.15, 0.2) is 42.5 Å². The number of hydrogen-bond acceptors (Lipinski definition) is 5. The molecule has 0 heterocycles. The van der Waals surface area contributed by atoms with E-state index < -0.39 is 29.5 Å². The fraction of sp³-hybridized carbons (Fsp3) is 0.200. The van der Waals surface area contributed by atoms with Gasteiger partial charge in [-0.2, -0.15) is 0 Å². The number of esters is 1. The van der Waals surface area contributed by atoms with Gasteiger partial charge in [-0.15, -0.1) is 0 Å². The molecular formula is C20H18F2O5. The van der Waals surface area contributed by atoms with E-state index in [2.05, 4.69) is 0 Å². The zero-order chi connectivity index (χ0) is 20.0. The van der Waals surface area contributed by atoms with Gasteiger partial charge in [0.05, 0.1) is 14.2 Å². The number of benzene rings is 2. The van der Waals surface area contributed by atoms with E-state index in [9.17, 15) is 18.4 Å². The van der Waals surface area contributed by atoms with Crippen molar-refractivity contribution < 1.29 is 32.6 Å². The molecule has 142 valence electrons. The van der Waals surface area contributed by atoms with Gasteiger partial charge in [0, 0.05) is 23.3 Å². The highest BCUT2D eigenvalue weighted by molar-refractivity contribution is 6.01. The molecule has 5 nitrogen and oxygen atoms in total. The first-order chi connectivity index (χ1) is 12.8. The molecule has 0 aromatic heterocycles. The number of ether oxygens (including phenoxy) is 3. The maximum absolute atomic E-state index is 13.2. The van der Waals surface area contributed by atoms with Crippen LogP contribution in [0.4, 0.5) is 8.78 Å². The van der Waals surface area contributed by atoms with Crippen LogP contribution in [0.5, 0.6) is 11.5 Å². The molecule has 0 spiro atoms. The predicted octanol–water partition coefficient (Wildman–Crippen LogP) is 3.81. The quantitative estimate of drug-likeness (QED) is 0.418. The van der Waals surface area contributed by atoms with Gasteiger partial charge in [0.1, 0.15) is 11.5 Å². The van der Waals surface area contributed by atoms with Crippen molar-refractivity contribution in [2.75, 3.05) is 14.2 Å². The Morgan fingerprint density at radius 1 is 1.00 bits per heavy atom. The third-order valence-electron chi connectivity index (χ3n) is 3.71. The number of Topliss-reactive ketones (excluding diaryl/α,β-unsaturated/α-hetero) is 1. The monoisotopic (exact) mass is 376 g/mol. The van der Waals surface area contributed by atoms with Crippen LogP contribution < -0.4 is 9.47 Å². The zero-order valence-electron chi connectivity index (χ0n) is 15.0. The molecule has 0 radical (unpaired) electrons. The molecule has 0 fully saturated rings. The molecule has 0 bridgehead atoms. The van der Waals surface area contributed by atoms with E-state index in [1.54, 1.807) is 18.2 Å². The minimum Gasteiger partial charge on any atom is -0.497 e. The van der Waals surface area contributed by atoms with Crippen LogP contribution in [-0.2, 0) is 9.53 Å². The van der Waals surface area contributed by atoms with Gasteiger partial charge in [-0.05, 0) is 43.3 Å². The number of carbonyl (C=O) groups is 2. The van der Waals surface area contributed by atoms with E-state index in [0.29, 0.717) is 17.1 Å². The topological polar surface area (TPSA) is 61.8 Å². The van der Waals surface area contributed by atoms with E-state index in [4.69, 9.17) is 14.2 Å². The van der Waals surface area contributed by atoms with Gasteiger partial charge in [-0.25, -0.2) is 13.6 Å². The van der Waals surface area contributed by atoms with Crippen molar-refractivity contribution in [1.29, 1.82) is 0 Å². The summed E-state index contributed by atoms with van der Waals surface area (Å²) < 4.78 is 41.5. The third-order valence-corrected chi connectivity index (χ3v) is 3.71. The fourth-order valence-electron chi connectivity index (χ4n) is 2.27. The standard InChI is InChI=1S/C20H18F2O5/c1-12(20(24)14-5-8-16(21)17(22)10-14)27-19(23)9-6-13-4-7-15(25-2)11-18(13)26-3/h4-12H,1-3H3/b9-6+. The highest BCUT2D eigenvalue weighted by Crippen LogP contribution is 2.25. The van der Waals surface area contributed by atoms with Gasteiger partial charge in [0.15, 0.2) is 17.7 Å². The number of rotatable bonds is 7. The summed E-state index contributed by atoms with van der Waals surface area (Å²) in [7, 11) is 3.00. The molecule has 0 aliphatic heterocycles. The van der Waals surface area contributed by atoms with Crippen molar-refractivity contribution in [3.63, 3.8) is 0 Å². The molecule has 0 aliphatic rings. The number of methoxy groups -OCH3 is 2. The average Bonchev–Trinajstić information content (AvgIpc) is 2.67. The van der Waals surface area contributed by atoms with Gasteiger partial charge in [0.2, 0.25) is 5.78 Å². The second kappa shape index (κ2) is 8.93. The molecule has 2 aromatic rings. The summed E-state index contributed by atoms with van der Waals surface area (Å²) in [6, 6.07) is 7.77. The van der Waals surface area contributed by atoms with Crippen LogP contribution in [0.2, 0.25) is 0 Å². The third kappa shape index (κ3) is 5.13. The molecule has 0 saturated carbocycles. The molecule has 2 rings (SSSR count). The van der Waals surface area contributed by atoms with Crippen molar-refractivity contribution in [2.24, 2.45) is 0 Å².